The fourth-order valence-electron chi connectivity index (χ4n) is 2.03. The Morgan fingerprint density at radius 3 is 2.53 bits per heavy atom. The average molecular weight is 236 g/mol. The van der Waals surface area contributed by atoms with Crippen molar-refractivity contribution in [2.45, 2.75) is 18.5 Å². The number of β-lactam (4-membered cyclic amide) rings is 1. The van der Waals surface area contributed by atoms with Crippen LogP contribution in [0.4, 0.5) is 4.79 Å². The average Bonchev–Trinajstić information content (AvgIpc) is 2.40. The Bertz CT molecular complexity index is 431. The quantitative estimate of drug-likeness (QED) is 0.434. The van der Waals surface area contributed by atoms with E-state index in [0.717, 1.165) is 4.90 Å². The molecule has 0 saturated carbocycles. The summed E-state index contributed by atoms with van der Waals surface area (Å²) < 4.78 is 30.5. The molecule has 9 heteroatoms. The topological polar surface area (TPSA) is 115 Å². The van der Waals surface area contributed by atoms with Gasteiger partial charge in [-0.15, -0.1) is 0 Å². The summed E-state index contributed by atoms with van der Waals surface area (Å²) in [5.41, 5.74) is 0. The third-order valence-corrected chi connectivity index (χ3v) is 3.58. The standard InChI is InChI=1S/C6H8N2O6S/c9-5-4-3(8(5)15(12,13)14)1-2-7(4)6(10)11/h3-4H,1-2H2,(H,10,11)(H,12,13,14)/t3-,4+/m1/s1. The predicted octanol–water partition coefficient (Wildman–Crippen LogP) is -1.25. The SMILES string of the molecule is O=C(O)N1CC[C@@H]2[C@H]1C(=O)N2S(=O)(=O)O. The highest BCUT2D eigenvalue weighted by Gasteiger charge is 2.60. The summed E-state index contributed by atoms with van der Waals surface area (Å²) in [6, 6.07) is -1.70. The molecule has 0 unspecified atom stereocenters. The van der Waals surface area contributed by atoms with Crippen LogP contribution in [-0.2, 0) is 15.1 Å². The van der Waals surface area contributed by atoms with E-state index in [2.05, 4.69) is 0 Å². The van der Waals surface area contributed by atoms with Crippen molar-refractivity contribution in [3.63, 3.8) is 0 Å². The van der Waals surface area contributed by atoms with Crippen molar-refractivity contribution < 1.29 is 27.7 Å². The number of fused-ring (bicyclic) bond motifs is 1. The first-order valence-corrected chi connectivity index (χ1v) is 5.54. The van der Waals surface area contributed by atoms with Crippen LogP contribution in [-0.4, -0.2) is 57.9 Å². The lowest BCUT2D eigenvalue weighted by molar-refractivity contribution is -0.143. The largest absolute Gasteiger partial charge is 0.465 e. The van der Waals surface area contributed by atoms with E-state index in [0.29, 0.717) is 4.31 Å². The van der Waals surface area contributed by atoms with Crippen molar-refractivity contribution >= 4 is 22.3 Å². The van der Waals surface area contributed by atoms with Gasteiger partial charge in [-0.2, -0.15) is 8.42 Å². The summed E-state index contributed by atoms with van der Waals surface area (Å²) in [4.78, 5) is 22.8. The van der Waals surface area contributed by atoms with Gasteiger partial charge >= 0.3 is 16.4 Å². The van der Waals surface area contributed by atoms with Gasteiger partial charge < -0.3 is 5.11 Å². The molecule has 2 heterocycles. The van der Waals surface area contributed by atoms with E-state index in [9.17, 15) is 18.0 Å². The molecule has 0 spiro atoms. The molecule has 2 saturated heterocycles. The van der Waals surface area contributed by atoms with Gasteiger partial charge in [0.15, 0.2) is 0 Å². The Balaban J connectivity index is 2.24. The minimum Gasteiger partial charge on any atom is -0.465 e. The van der Waals surface area contributed by atoms with Crippen molar-refractivity contribution in [2.75, 3.05) is 6.54 Å². The van der Waals surface area contributed by atoms with Crippen molar-refractivity contribution in [2.24, 2.45) is 0 Å². The number of carboxylic acid groups (broad SMARTS) is 1. The van der Waals surface area contributed by atoms with Gasteiger partial charge in [-0.25, -0.2) is 9.10 Å². The normalized spacial score (nSPS) is 30.1. The molecule has 2 amide bonds. The third kappa shape index (κ3) is 1.27. The van der Waals surface area contributed by atoms with Crippen LogP contribution in [0, 0.1) is 0 Å². The molecular weight excluding hydrogens is 228 g/mol. The monoisotopic (exact) mass is 236 g/mol. The van der Waals surface area contributed by atoms with E-state index in [1.807, 2.05) is 0 Å². The van der Waals surface area contributed by atoms with Crippen LogP contribution >= 0.6 is 0 Å². The second-order valence-corrected chi connectivity index (χ2v) is 4.68. The molecule has 2 fully saturated rings. The first kappa shape index (κ1) is 10.2. The van der Waals surface area contributed by atoms with E-state index >= 15 is 0 Å². The molecule has 0 aromatic heterocycles. The van der Waals surface area contributed by atoms with Gasteiger partial charge in [-0.05, 0) is 6.42 Å². The van der Waals surface area contributed by atoms with Crippen molar-refractivity contribution in [3.8, 4) is 0 Å². The lowest BCUT2D eigenvalue weighted by Crippen LogP contribution is -2.68. The fraction of sp³-hybridized carbons (Fsp3) is 0.667. The number of carbonyl (C=O) groups excluding carboxylic acids is 1. The maximum Gasteiger partial charge on any atom is 0.408 e. The van der Waals surface area contributed by atoms with Crippen LogP contribution < -0.4 is 0 Å². The minimum absolute atomic E-state index is 0.0996. The Morgan fingerprint density at radius 1 is 1.47 bits per heavy atom. The maximum atomic E-state index is 11.3. The number of carbonyl (C=O) groups is 2. The van der Waals surface area contributed by atoms with Crippen LogP contribution in [0.5, 0.6) is 0 Å². The first-order chi connectivity index (χ1) is 6.84. The highest BCUT2D eigenvalue weighted by atomic mass is 32.2. The zero-order valence-electron chi connectivity index (χ0n) is 7.40. The number of amides is 2. The Kier molecular flexibility index (Phi) is 1.92. The van der Waals surface area contributed by atoms with Gasteiger partial charge in [-0.1, -0.05) is 0 Å². The van der Waals surface area contributed by atoms with E-state index in [4.69, 9.17) is 9.66 Å². The predicted molar refractivity (Wildman–Crippen MR) is 45.3 cm³/mol. The molecule has 0 aliphatic carbocycles. The molecule has 8 nitrogen and oxygen atoms in total. The molecule has 2 atom stereocenters. The van der Waals surface area contributed by atoms with Crippen LogP contribution in [0.25, 0.3) is 0 Å². The number of likely N-dealkylation sites (tertiary alicyclic amines) is 1. The van der Waals surface area contributed by atoms with Gasteiger partial charge in [-0.3, -0.25) is 14.2 Å². The van der Waals surface area contributed by atoms with Crippen LogP contribution in [0.2, 0.25) is 0 Å². The number of nitrogens with zero attached hydrogens (tertiary/aromatic N) is 2. The number of hydrogen-bond donors (Lipinski definition) is 2. The summed E-state index contributed by atoms with van der Waals surface area (Å²) in [5, 5.41) is 8.69. The molecule has 2 aliphatic heterocycles. The first-order valence-electron chi connectivity index (χ1n) is 4.14. The van der Waals surface area contributed by atoms with E-state index in [1.54, 1.807) is 0 Å². The van der Waals surface area contributed by atoms with Crippen molar-refractivity contribution in [1.29, 1.82) is 0 Å². The second kappa shape index (κ2) is 2.83. The molecule has 0 aromatic rings. The second-order valence-electron chi connectivity index (χ2n) is 3.39. The van der Waals surface area contributed by atoms with Crippen LogP contribution in [0.15, 0.2) is 0 Å². The zero-order valence-corrected chi connectivity index (χ0v) is 8.22. The number of rotatable bonds is 1. The fourth-order valence-corrected chi connectivity index (χ4v) is 2.93. The van der Waals surface area contributed by atoms with Crippen molar-refractivity contribution in [1.82, 2.24) is 9.21 Å². The Morgan fingerprint density at radius 2 is 2.07 bits per heavy atom. The molecule has 0 bridgehead atoms. The van der Waals surface area contributed by atoms with Gasteiger partial charge in [0.2, 0.25) is 0 Å². The molecule has 0 aromatic carbocycles. The summed E-state index contributed by atoms with van der Waals surface area (Å²) >= 11 is 0. The van der Waals surface area contributed by atoms with E-state index in [-0.39, 0.29) is 13.0 Å². The molecule has 0 radical (unpaired) electrons. The van der Waals surface area contributed by atoms with Crippen molar-refractivity contribution in [3.05, 3.63) is 0 Å². The molecule has 84 valence electrons. The third-order valence-electron chi connectivity index (χ3n) is 2.63. The molecular formula is C6H8N2O6S. The summed E-state index contributed by atoms with van der Waals surface area (Å²) in [6.07, 6.45) is -1.03. The van der Waals surface area contributed by atoms with Gasteiger partial charge in [0.25, 0.3) is 5.91 Å². The lowest BCUT2D eigenvalue weighted by atomic mass is 10.0. The highest BCUT2D eigenvalue weighted by molar-refractivity contribution is 7.84. The summed E-state index contributed by atoms with van der Waals surface area (Å²) in [7, 11) is -4.55. The summed E-state index contributed by atoms with van der Waals surface area (Å²) in [6.45, 7) is 0.0996. The van der Waals surface area contributed by atoms with E-state index in [1.165, 1.54) is 0 Å². The van der Waals surface area contributed by atoms with E-state index < -0.39 is 34.4 Å². The Labute approximate surface area is 85.0 Å². The highest BCUT2D eigenvalue weighted by Crippen LogP contribution is 2.35. The van der Waals surface area contributed by atoms with Gasteiger partial charge in [0.1, 0.15) is 6.04 Å². The Hall–Kier alpha value is -1.35. The molecule has 2 rings (SSSR count). The lowest BCUT2D eigenvalue weighted by Gasteiger charge is -2.41. The minimum atomic E-state index is -4.55. The van der Waals surface area contributed by atoms with Crippen LogP contribution in [0.1, 0.15) is 6.42 Å². The maximum absolute atomic E-state index is 11.3. The smallest absolute Gasteiger partial charge is 0.408 e. The summed E-state index contributed by atoms with van der Waals surface area (Å²) in [5.74, 6) is -0.887. The number of hydrogen-bond acceptors (Lipinski definition) is 4. The molecule has 15 heavy (non-hydrogen) atoms. The zero-order chi connectivity index (χ0) is 11.4. The molecule has 2 aliphatic rings. The van der Waals surface area contributed by atoms with Gasteiger partial charge in [0.05, 0.1) is 6.04 Å². The van der Waals surface area contributed by atoms with Crippen LogP contribution in [0.3, 0.4) is 0 Å². The van der Waals surface area contributed by atoms with Gasteiger partial charge in [0, 0.05) is 6.54 Å². The molecule has 2 N–H and O–H groups in total.